The fourth-order valence-electron chi connectivity index (χ4n) is 1.41. The third kappa shape index (κ3) is 7.22. The number of thioether (sulfide) groups is 1. The number of benzene rings is 1. The first kappa shape index (κ1) is 16.6. The van der Waals surface area contributed by atoms with Crippen molar-refractivity contribution >= 4 is 17.8 Å². The molecule has 0 aliphatic heterocycles. The van der Waals surface area contributed by atoms with Gasteiger partial charge in [-0.25, -0.2) is 9.18 Å². The molecule has 1 rings (SSSR count). The molecule has 8 heteroatoms. The molecule has 20 heavy (non-hydrogen) atoms. The lowest BCUT2D eigenvalue weighted by Gasteiger charge is -2.09. The number of carbonyl (C=O) groups excluding carboxylic acids is 1. The Labute approximate surface area is 118 Å². The monoisotopic (exact) mass is 310 g/mol. The van der Waals surface area contributed by atoms with Gasteiger partial charge in [0.25, 0.3) is 0 Å². The van der Waals surface area contributed by atoms with Crippen LogP contribution in [-0.4, -0.2) is 30.4 Å². The van der Waals surface area contributed by atoms with Crippen molar-refractivity contribution in [2.24, 2.45) is 0 Å². The van der Waals surface area contributed by atoms with Gasteiger partial charge in [0.2, 0.25) is 0 Å². The summed E-state index contributed by atoms with van der Waals surface area (Å²) in [5.41, 5.74) is -3.82. The molecule has 0 fully saturated rings. The minimum atomic E-state index is -4.29. The van der Waals surface area contributed by atoms with Gasteiger partial charge in [-0.2, -0.15) is 13.2 Å². The Hall–Kier alpha value is -1.44. The van der Waals surface area contributed by atoms with E-state index in [0.29, 0.717) is 12.0 Å². The lowest BCUT2D eigenvalue weighted by Crippen LogP contribution is -2.38. The maximum absolute atomic E-state index is 13.2. The molecule has 0 radical (unpaired) electrons. The van der Waals surface area contributed by atoms with Crippen LogP contribution in [0.3, 0.4) is 0 Å². The molecule has 2 N–H and O–H groups in total. The van der Waals surface area contributed by atoms with Crippen LogP contribution in [0, 0.1) is 5.82 Å². The largest absolute Gasteiger partial charge is 0.441 e. The zero-order valence-corrected chi connectivity index (χ0v) is 11.3. The second kappa shape index (κ2) is 7.98. The normalized spacial score (nSPS) is 11.2. The Balaban J connectivity index is 2.13. The SMILES string of the molecule is O=C(NCCSC(F)(F)F)NCCc1ccccc1F. The maximum Gasteiger partial charge on any atom is 0.441 e. The second-order valence-corrected chi connectivity index (χ2v) is 4.98. The molecule has 0 aromatic heterocycles. The molecule has 0 saturated carbocycles. The van der Waals surface area contributed by atoms with Gasteiger partial charge in [0, 0.05) is 18.8 Å². The zero-order valence-electron chi connectivity index (χ0n) is 10.5. The summed E-state index contributed by atoms with van der Waals surface area (Å²) in [6.45, 7) is 0.120. The lowest BCUT2D eigenvalue weighted by molar-refractivity contribution is -0.0327. The highest BCUT2D eigenvalue weighted by Gasteiger charge is 2.27. The van der Waals surface area contributed by atoms with Gasteiger partial charge >= 0.3 is 11.5 Å². The van der Waals surface area contributed by atoms with Crippen molar-refractivity contribution in [3.63, 3.8) is 0 Å². The Morgan fingerprint density at radius 1 is 1.15 bits per heavy atom. The molecule has 1 aromatic carbocycles. The summed E-state index contributed by atoms with van der Waals surface area (Å²) in [5, 5.41) is 4.74. The van der Waals surface area contributed by atoms with Crippen LogP contribution >= 0.6 is 11.8 Å². The maximum atomic E-state index is 13.2. The quantitative estimate of drug-likeness (QED) is 0.626. The minimum absolute atomic E-state index is 0.0876. The van der Waals surface area contributed by atoms with E-state index in [4.69, 9.17) is 0 Å². The highest BCUT2D eigenvalue weighted by Crippen LogP contribution is 2.29. The summed E-state index contributed by atoms with van der Waals surface area (Å²) in [6, 6.07) is 5.62. The van der Waals surface area contributed by atoms with E-state index >= 15 is 0 Å². The summed E-state index contributed by atoms with van der Waals surface area (Å²) in [4.78, 5) is 11.2. The van der Waals surface area contributed by atoms with Crippen molar-refractivity contribution < 1.29 is 22.4 Å². The van der Waals surface area contributed by atoms with E-state index in [1.165, 1.54) is 6.07 Å². The summed E-state index contributed by atoms with van der Waals surface area (Å²) in [5.74, 6) is -0.596. The van der Waals surface area contributed by atoms with Crippen LogP contribution in [0.25, 0.3) is 0 Å². The van der Waals surface area contributed by atoms with Crippen LogP contribution in [0.15, 0.2) is 24.3 Å². The van der Waals surface area contributed by atoms with Gasteiger partial charge in [0.1, 0.15) is 5.82 Å². The molecule has 0 spiro atoms. The third-order valence-electron chi connectivity index (χ3n) is 2.29. The van der Waals surface area contributed by atoms with Gasteiger partial charge < -0.3 is 10.6 Å². The van der Waals surface area contributed by atoms with Crippen molar-refractivity contribution in [2.45, 2.75) is 11.9 Å². The third-order valence-corrected chi connectivity index (χ3v) is 3.03. The average molecular weight is 310 g/mol. The van der Waals surface area contributed by atoms with Crippen LogP contribution in [0.4, 0.5) is 22.4 Å². The minimum Gasteiger partial charge on any atom is -0.338 e. The smallest absolute Gasteiger partial charge is 0.338 e. The van der Waals surface area contributed by atoms with Crippen LogP contribution in [-0.2, 0) is 6.42 Å². The molecule has 0 saturated heterocycles. The molecule has 0 atom stereocenters. The van der Waals surface area contributed by atoms with Gasteiger partial charge in [-0.05, 0) is 29.8 Å². The molecule has 1 aromatic rings. The Bertz CT molecular complexity index is 440. The molecular formula is C12H14F4N2OS. The summed E-state index contributed by atoms with van der Waals surface area (Å²) < 4.78 is 48.7. The second-order valence-electron chi connectivity index (χ2n) is 3.82. The fourth-order valence-corrected chi connectivity index (χ4v) is 1.84. The Morgan fingerprint density at radius 2 is 1.80 bits per heavy atom. The predicted octanol–water partition coefficient (Wildman–Crippen LogP) is 2.92. The molecular weight excluding hydrogens is 296 g/mol. The number of nitrogens with one attached hydrogen (secondary N) is 2. The predicted molar refractivity (Wildman–Crippen MR) is 70.0 cm³/mol. The van der Waals surface area contributed by atoms with Gasteiger partial charge in [-0.1, -0.05) is 18.2 Å². The van der Waals surface area contributed by atoms with Crippen LogP contribution in [0.1, 0.15) is 5.56 Å². The number of carbonyl (C=O) groups is 1. The van der Waals surface area contributed by atoms with Crippen molar-refractivity contribution in [3.05, 3.63) is 35.6 Å². The number of amides is 2. The molecule has 0 heterocycles. The summed E-state index contributed by atoms with van der Waals surface area (Å²) >= 11 is -0.194. The van der Waals surface area contributed by atoms with Gasteiger partial charge in [-0.3, -0.25) is 0 Å². The standard InChI is InChI=1S/C12H14F4N2OS/c13-10-4-2-1-3-9(10)5-6-17-11(19)18-7-8-20-12(14,15)16/h1-4H,5-8H2,(H2,17,18,19). The van der Waals surface area contributed by atoms with E-state index in [0.717, 1.165) is 0 Å². The number of halogens is 4. The van der Waals surface area contributed by atoms with Gasteiger partial charge in [0.15, 0.2) is 0 Å². The van der Waals surface area contributed by atoms with Crippen molar-refractivity contribution in [1.29, 1.82) is 0 Å². The molecule has 0 aliphatic carbocycles. The van der Waals surface area contributed by atoms with E-state index in [2.05, 4.69) is 10.6 Å². The topological polar surface area (TPSA) is 41.1 Å². The van der Waals surface area contributed by atoms with Crippen molar-refractivity contribution in [1.82, 2.24) is 10.6 Å². The van der Waals surface area contributed by atoms with E-state index < -0.39 is 11.5 Å². The van der Waals surface area contributed by atoms with E-state index in [-0.39, 0.29) is 36.4 Å². The number of rotatable bonds is 6. The van der Waals surface area contributed by atoms with Crippen LogP contribution in [0.2, 0.25) is 0 Å². The molecule has 112 valence electrons. The summed E-state index contributed by atoms with van der Waals surface area (Å²) in [7, 11) is 0. The first-order valence-corrected chi connectivity index (χ1v) is 6.83. The number of hydrogen-bond donors (Lipinski definition) is 2. The highest BCUT2D eigenvalue weighted by molar-refractivity contribution is 8.00. The first-order valence-electron chi connectivity index (χ1n) is 5.84. The number of alkyl halides is 3. The van der Waals surface area contributed by atoms with E-state index in [1.54, 1.807) is 18.2 Å². The molecule has 2 amide bonds. The zero-order chi connectivity index (χ0) is 15.0. The van der Waals surface area contributed by atoms with Crippen molar-refractivity contribution in [3.8, 4) is 0 Å². The van der Waals surface area contributed by atoms with Crippen molar-refractivity contribution in [2.75, 3.05) is 18.8 Å². The molecule has 3 nitrogen and oxygen atoms in total. The van der Waals surface area contributed by atoms with Crippen LogP contribution < -0.4 is 10.6 Å². The average Bonchev–Trinajstić information content (AvgIpc) is 2.36. The summed E-state index contributed by atoms with van der Waals surface area (Å²) in [6.07, 6.45) is 0.317. The van der Waals surface area contributed by atoms with Gasteiger partial charge in [0.05, 0.1) is 0 Å². The number of hydrogen-bond acceptors (Lipinski definition) is 2. The Morgan fingerprint density at radius 3 is 2.45 bits per heavy atom. The van der Waals surface area contributed by atoms with E-state index in [1.807, 2.05) is 0 Å². The van der Waals surface area contributed by atoms with E-state index in [9.17, 15) is 22.4 Å². The molecule has 0 unspecified atom stereocenters. The van der Waals surface area contributed by atoms with Gasteiger partial charge in [-0.15, -0.1) is 0 Å². The fraction of sp³-hybridized carbons (Fsp3) is 0.417. The molecule has 0 bridgehead atoms. The van der Waals surface area contributed by atoms with Crippen LogP contribution in [0.5, 0.6) is 0 Å². The lowest BCUT2D eigenvalue weighted by atomic mass is 10.1. The first-order chi connectivity index (χ1) is 9.38. The molecule has 0 aliphatic rings. The number of urea groups is 1. The highest BCUT2D eigenvalue weighted by atomic mass is 32.2. The Kier molecular flexibility index (Phi) is 6.63.